The van der Waals surface area contributed by atoms with Gasteiger partial charge in [0.1, 0.15) is 0 Å². The van der Waals surface area contributed by atoms with E-state index in [9.17, 15) is 9.59 Å². The first kappa shape index (κ1) is 15.0. The maximum atomic E-state index is 11.7. The van der Waals surface area contributed by atoms with Gasteiger partial charge in [0, 0.05) is 19.5 Å². The molecule has 1 fully saturated rings. The summed E-state index contributed by atoms with van der Waals surface area (Å²) in [6.45, 7) is 2.56. The number of nitrogens with two attached hydrogens (primary N) is 1. The maximum absolute atomic E-state index is 11.7. The van der Waals surface area contributed by atoms with Gasteiger partial charge in [-0.25, -0.2) is 0 Å². The third kappa shape index (κ3) is 6.00. The van der Waals surface area contributed by atoms with Crippen molar-refractivity contribution < 1.29 is 9.59 Å². The van der Waals surface area contributed by atoms with E-state index in [1.165, 1.54) is 0 Å². The number of likely N-dealkylation sites (tertiary alicyclic amines) is 1. The van der Waals surface area contributed by atoms with Crippen LogP contribution in [0.2, 0.25) is 0 Å². The van der Waals surface area contributed by atoms with E-state index < -0.39 is 0 Å². The fourth-order valence-electron chi connectivity index (χ4n) is 2.12. The number of hydrogen-bond donors (Lipinski definition) is 2. The molecule has 1 rings (SSSR count). The number of amides is 2. The Hall–Kier alpha value is -1.10. The Morgan fingerprint density at radius 2 is 1.72 bits per heavy atom. The van der Waals surface area contributed by atoms with Crippen molar-refractivity contribution in [2.75, 3.05) is 26.2 Å². The summed E-state index contributed by atoms with van der Waals surface area (Å²) in [6, 6.07) is 0. The molecule has 0 spiro atoms. The van der Waals surface area contributed by atoms with Gasteiger partial charge in [0.05, 0.1) is 6.54 Å². The van der Waals surface area contributed by atoms with Gasteiger partial charge < -0.3 is 16.0 Å². The summed E-state index contributed by atoms with van der Waals surface area (Å²) in [4.78, 5) is 25.0. The summed E-state index contributed by atoms with van der Waals surface area (Å²) in [7, 11) is 0. The molecule has 0 saturated carbocycles. The summed E-state index contributed by atoms with van der Waals surface area (Å²) in [5.41, 5.74) is 5.39. The van der Waals surface area contributed by atoms with E-state index in [2.05, 4.69) is 5.32 Å². The molecule has 0 aromatic carbocycles. The van der Waals surface area contributed by atoms with Gasteiger partial charge in [0.15, 0.2) is 0 Å². The molecule has 0 aromatic heterocycles. The Morgan fingerprint density at radius 1 is 1.06 bits per heavy atom. The third-order valence-corrected chi connectivity index (χ3v) is 3.25. The molecule has 1 saturated heterocycles. The van der Waals surface area contributed by atoms with E-state index >= 15 is 0 Å². The second kappa shape index (κ2) is 8.91. The van der Waals surface area contributed by atoms with Crippen LogP contribution in [0.25, 0.3) is 0 Å². The van der Waals surface area contributed by atoms with Crippen molar-refractivity contribution in [3.8, 4) is 0 Å². The molecule has 2 amide bonds. The molecule has 18 heavy (non-hydrogen) atoms. The lowest BCUT2D eigenvalue weighted by atomic mass is 10.1. The van der Waals surface area contributed by atoms with Crippen molar-refractivity contribution in [3.63, 3.8) is 0 Å². The number of carbonyl (C=O) groups is 2. The second-order valence-corrected chi connectivity index (χ2v) is 4.82. The molecule has 0 bridgehead atoms. The lowest BCUT2D eigenvalue weighted by molar-refractivity contribution is -0.132. The number of nitrogens with zero attached hydrogens (tertiary/aromatic N) is 1. The van der Waals surface area contributed by atoms with Crippen LogP contribution in [0.5, 0.6) is 0 Å². The lowest BCUT2D eigenvalue weighted by Crippen LogP contribution is -2.38. The first-order valence-corrected chi connectivity index (χ1v) is 6.98. The normalized spacial score (nSPS) is 14.8. The Bertz CT molecular complexity index is 263. The van der Waals surface area contributed by atoms with Crippen LogP contribution in [0.4, 0.5) is 0 Å². The summed E-state index contributed by atoms with van der Waals surface area (Å²) in [6.07, 6.45) is 6.69. The van der Waals surface area contributed by atoms with Crippen LogP contribution in [-0.4, -0.2) is 42.9 Å². The van der Waals surface area contributed by atoms with Gasteiger partial charge >= 0.3 is 0 Å². The van der Waals surface area contributed by atoms with E-state index in [0.29, 0.717) is 6.42 Å². The van der Waals surface area contributed by atoms with Gasteiger partial charge in [-0.1, -0.05) is 12.8 Å². The molecule has 5 nitrogen and oxygen atoms in total. The van der Waals surface area contributed by atoms with Crippen molar-refractivity contribution in [2.45, 2.75) is 44.9 Å². The van der Waals surface area contributed by atoms with E-state index in [1.54, 1.807) is 0 Å². The Kier molecular flexibility index (Phi) is 7.41. The highest BCUT2D eigenvalue weighted by molar-refractivity contribution is 5.84. The SMILES string of the molecule is NCCCCCCC(=O)NCC(=O)N1CCCC1. The largest absolute Gasteiger partial charge is 0.347 e. The van der Waals surface area contributed by atoms with Crippen molar-refractivity contribution in [2.24, 2.45) is 5.73 Å². The Morgan fingerprint density at radius 3 is 2.39 bits per heavy atom. The van der Waals surface area contributed by atoms with Gasteiger partial charge in [-0.3, -0.25) is 9.59 Å². The number of carbonyl (C=O) groups excluding carboxylic acids is 2. The van der Waals surface area contributed by atoms with Crippen LogP contribution in [-0.2, 0) is 9.59 Å². The molecule has 3 N–H and O–H groups in total. The zero-order chi connectivity index (χ0) is 13.2. The quantitative estimate of drug-likeness (QED) is 0.625. The number of nitrogens with one attached hydrogen (secondary N) is 1. The van der Waals surface area contributed by atoms with Crippen molar-refractivity contribution in [3.05, 3.63) is 0 Å². The molecule has 0 unspecified atom stereocenters. The average molecular weight is 255 g/mol. The summed E-state index contributed by atoms with van der Waals surface area (Å²) in [5, 5.41) is 2.70. The molecule has 0 aromatic rings. The van der Waals surface area contributed by atoms with Gasteiger partial charge in [0.25, 0.3) is 0 Å². The monoisotopic (exact) mass is 255 g/mol. The van der Waals surface area contributed by atoms with Crippen LogP contribution in [0, 0.1) is 0 Å². The Labute approximate surface area is 109 Å². The molecular weight excluding hydrogens is 230 g/mol. The fraction of sp³-hybridized carbons (Fsp3) is 0.846. The molecule has 0 radical (unpaired) electrons. The predicted octanol–water partition coefficient (Wildman–Crippen LogP) is 0.634. The summed E-state index contributed by atoms with van der Waals surface area (Å²) < 4.78 is 0. The first-order valence-electron chi connectivity index (χ1n) is 6.98. The highest BCUT2D eigenvalue weighted by Crippen LogP contribution is 2.07. The molecule has 1 aliphatic heterocycles. The van der Waals surface area contributed by atoms with Crippen molar-refractivity contribution in [1.82, 2.24) is 10.2 Å². The molecule has 104 valence electrons. The van der Waals surface area contributed by atoms with Crippen LogP contribution >= 0.6 is 0 Å². The molecule has 5 heteroatoms. The van der Waals surface area contributed by atoms with E-state index in [4.69, 9.17) is 5.73 Å². The van der Waals surface area contributed by atoms with E-state index in [-0.39, 0.29) is 18.4 Å². The number of unbranched alkanes of at least 4 members (excludes halogenated alkanes) is 3. The molecule has 0 aliphatic carbocycles. The lowest BCUT2D eigenvalue weighted by Gasteiger charge is -2.15. The van der Waals surface area contributed by atoms with Crippen LogP contribution in [0.1, 0.15) is 44.9 Å². The Balaban J connectivity index is 2.00. The first-order chi connectivity index (χ1) is 8.74. The van der Waals surface area contributed by atoms with Crippen molar-refractivity contribution in [1.29, 1.82) is 0 Å². The van der Waals surface area contributed by atoms with Crippen LogP contribution in [0.15, 0.2) is 0 Å². The number of rotatable bonds is 8. The van der Waals surface area contributed by atoms with E-state index in [1.807, 2.05) is 4.90 Å². The second-order valence-electron chi connectivity index (χ2n) is 4.82. The van der Waals surface area contributed by atoms with Gasteiger partial charge in [-0.2, -0.15) is 0 Å². The summed E-state index contributed by atoms with van der Waals surface area (Å²) in [5.74, 6) is 0.0271. The standard InChI is InChI=1S/C13H25N3O2/c14-8-4-2-1-3-7-12(17)15-11-13(18)16-9-5-6-10-16/h1-11,14H2,(H,15,17). The highest BCUT2D eigenvalue weighted by Gasteiger charge is 2.17. The summed E-state index contributed by atoms with van der Waals surface area (Å²) >= 11 is 0. The maximum Gasteiger partial charge on any atom is 0.241 e. The van der Waals surface area contributed by atoms with Crippen LogP contribution in [0.3, 0.4) is 0 Å². The number of hydrogen-bond acceptors (Lipinski definition) is 3. The predicted molar refractivity (Wildman–Crippen MR) is 71.0 cm³/mol. The topological polar surface area (TPSA) is 75.4 Å². The highest BCUT2D eigenvalue weighted by atomic mass is 16.2. The molecular formula is C13H25N3O2. The van der Waals surface area contributed by atoms with Crippen LogP contribution < -0.4 is 11.1 Å². The third-order valence-electron chi connectivity index (χ3n) is 3.25. The minimum Gasteiger partial charge on any atom is -0.347 e. The zero-order valence-electron chi connectivity index (χ0n) is 11.1. The molecule has 1 heterocycles. The van der Waals surface area contributed by atoms with E-state index in [0.717, 1.165) is 58.2 Å². The molecule has 1 aliphatic rings. The minimum absolute atomic E-state index is 0.0182. The smallest absolute Gasteiger partial charge is 0.241 e. The fourth-order valence-corrected chi connectivity index (χ4v) is 2.12. The zero-order valence-corrected chi connectivity index (χ0v) is 11.1. The van der Waals surface area contributed by atoms with Crippen molar-refractivity contribution >= 4 is 11.8 Å². The average Bonchev–Trinajstić information content (AvgIpc) is 2.89. The van der Waals surface area contributed by atoms with Gasteiger partial charge in [-0.05, 0) is 32.2 Å². The molecule has 0 atom stereocenters. The van der Waals surface area contributed by atoms with Gasteiger partial charge in [-0.15, -0.1) is 0 Å². The minimum atomic E-state index is -0.0182. The van der Waals surface area contributed by atoms with Gasteiger partial charge in [0.2, 0.25) is 11.8 Å².